The molecule has 35 heavy (non-hydrogen) atoms. The molecule has 1 unspecified atom stereocenters. The molecule has 4 rings (SSSR count). The van der Waals surface area contributed by atoms with E-state index in [0.717, 1.165) is 69.1 Å². The molecule has 2 aliphatic rings. The van der Waals surface area contributed by atoms with Crippen LogP contribution in [0, 0.1) is 17.8 Å². The first-order valence-electron chi connectivity index (χ1n) is 12.9. The largest absolute Gasteiger partial charge is 0.469 e. The molecule has 2 aromatic rings. The number of piperidine rings is 1. The summed E-state index contributed by atoms with van der Waals surface area (Å²) in [7, 11) is 1.52. The number of ether oxygens (including phenoxy) is 1. The van der Waals surface area contributed by atoms with E-state index < -0.39 is 0 Å². The van der Waals surface area contributed by atoms with Gasteiger partial charge in [-0.2, -0.15) is 11.3 Å². The van der Waals surface area contributed by atoms with Crippen LogP contribution in [0.5, 0.6) is 0 Å². The third-order valence-corrected chi connectivity index (χ3v) is 9.17. The summed E-state index contributed by atoms with van der Waals surface area (Å²) in [5, 5.41) is 5.96. The molecule has 3 atom stereocenters. The first kappa shape index (κ1) is 26.9. The molecule has 0 spiro atoms. The van der Waals surface area contributed by atoms with Crippen LogP contribution in [-0.4, -0.2) is 55.6 Å². The van der Waals surface area contributed by atoms with E-state index in [1.54, 1.807) is 11.3 Å². The Morgan fingerprint density at radius 2 is 1.97 bits per heavy atom. The van der Waals surface area contributed by atoms with E-state index in [9.17, 15) is 4.79 Å². The van der Waals surface area contributed by atoms with Crippen molar-refractivity contribution in [2.45, 2.75) is 51.5 Å². The number of hydrogen-bond donors (Lipinski definition) is 0. The standard InChI is InChI=1S/C28H38Cl2N2O2S/c1-3-4-21(28(33)34-2)13-20-7-10-31(11-8-20)16-24-17-32(18-26(24)23-9-12-35-19-23)15-22-5-6-25(29)14-27(22)30/h5-6,9,12,14,19-21,24,26H,3-4,7-8,10-11,13,15-18H2,1-2H3/t21?,24-,26+/m0/s1. The predicted molar refractivity (Wildman–Crippen MR) is 146 cm³/mol. The molecule has 4 nitrogen and oxygen atoms in total. The second-order valence-electron chi connectivity index (χ2n) is 10.3. The van der Waals surface area contributed by atoms with Gasteiger partial charge in [0.05, 0.1) is 13.0 Å². The summed E-state index contributed by atoms with van der Waals surface area (Å²) >= 11 is 14.4. The summed E-state index contributed by atoms with van der Waals surface area (Å²) in [6.07, 6.45) is 5.30. The van der Waals surface area contributed by atoms with Gasteiger partial charge in [0.2, 0.25) is 0 Å². The number of halogens is 2. The first-order chi connectivity index (χ1) is 17.0. The summed E-state index contributed by atoms with van der Waals surface area (Å²) in [5.41, 5.74) is 2.62. The third kappa shape index (κ3) is 7.23. The van der Waals surface area contributed by atoms with Crippen molar-refractivity contribution in [3.05, 3.63) is 56.2 Å². The number of esters is 1. The number of benzene rings is 1. The molecule has 0 amide bonds. The van der Waals surface area contributed by atoms with Gasteiger partial charge in [-0.25, -0.2) is 0 Å². The van der Waals surface area contributed by atoms with Crippen LogP contribution in [0.3, 0.4) is 0 Å². The molecule has 2 fully saturated rings. The van der Waals surface area contributed by atoms with Gasteiger partial charge in [-0.05, 0) is 90.7 Å². The summed E-state index contributed by atoms with van der Waals surface area (Å²) in [5.74, 6) is 1.82. The maximum atomic E-state index is 12.2. The van der Waals surface area contributed by atoms with Crippen LogP contribution in [0.1, 0.15) is 56.1 Å². The van der Waals surface area contributed by atoms with Crippen LogP contribution in [0.25, 0.3) is 0 Å². The smallest absolute Gasteiger partial charge is 0.308 e. The van der Waals surface area contributed by atoms with Crippen molar-refractivity contribution in [3.8, 4) is 0 Å². The number of likely N-dealkylation sites (tertiary alicyclic amines) is 2. The molecule has 0 radical (unpaired) electrons. The molecule has 3 heterocycles. The zero-order valence-electron chi connectivity index (χ0n) is 20.9. The number of methoxy groups -OCH3 is 1. The van der Waals surface area contributed by atoms with Gasteiger partial charge in [0.1, 0.15) is 0 Å². The quantitative estimate of drug-likeness (QED) is 0.307. The second kappa shape index (κ2) is 12.9. The van der Waals surface area contributed by atoms with Crippen LogP contribution in [0.4, 0.5) is 0 Å². The minimum atomic E-state index is -0.0280. The normalized spacial score (nSPS) is 23.0. The number of carbonyl (C=O) groups is 1. The molecule has 0 saturated carbocycles. The Kier molecular flexibility index (Phi) is 9.94. The molecular formula is C28H38Cl2N2O2S. The van der Waals surface area contributed by atoms with E-state index in [-0.39, 0.29) is 11.9 Å². The Labute approximate surface area is 224 Å². The molecular weight excluding hydrogens is 499 g/mol. The van der Waals surface area contributed by atoms with Crippen molar-refractivity contribution < 1.29 is 9.53 Å². The van der Waals surface area contributed by atoms with Crippen molar-refractivity contribution >= 4 is 40.5 Å². The number of carbonyl (C=O) groups excluding carboxylic acids is 1. The topological polar surface area (TPSA) is 32.8 Å². The van der Waals surface area contributed by atoms with E-state index in [1.807, 2.05) is 12.1 Å². The third-order valence-electron chi connectivity index (χ3n) is 7.89. The Balaban J connectivity index is 1.34. The molecule has 2 aliphatic heterocycles. The number of thiophene rings is 1. The first-order valence-corrected chi connectivity index (χ1v) is 14.6. The van der Waals surface area contributed by atoms with Crippen LogP contribution in [0.15, 0.2) is 35.0 Å². The Morgan fingerprint density at radius 3 is 2.63 bits per heavy atom. The number of hydrogen-bond acceptors (Lipinski definition) is 5. The van der Waals surface area contributed by atoms with Gasteiger partial charge in [-0.3, -0.25) is 9.69 Å². The van der Waals surface area contributed by atoms with Gasteiger partial charge in [0, 0.05) is 42.1 Å². The lowest BCUT2D eigenvalue weighted by Gasteiger charge is -2.35. The molecule has 1 aromatic carbocycles. The highest BCUT2D eigenvalue weighted by atomic mass is 35.5. The molecule has 1 aromatic heterocycles. The van der Waals surface area contributed by atoms with E-state index in [2.05, 4.69) is 39.6 Å². The Hall–Kier alpha value is -1.11. The summed E-state index contributed by atoms with van der Waals surface area (Å²) < 4.78 is 5.06. The molecule has 2 saturated heterocycles. The lowest BCUT2D eigenvalue weighted by molar-refractivity contribution is -0.146. The van der Waals surface area contributed by atoms with Gasteiger partial charge in [0.15, 0.2) is 0 Å². The fourth-order valence-corrected chi connectivity index (χ4v) is 7.21. The van der Waals surface area contributed by atoms with Crippen LogP contribution >= 0.6 is 34.5 Å². The number of nitrogens with zero attached hydrogens (tertiary/aromatic N) is 2. The SMILES string of the molecule is CCCC(CC1CCN(C[C@H]2CN(Cc3ccc(Cl)cc3Cl)C[C@@H]2c2ccsc2)CC1)C(=O)OC. The summed E-state index contributed by atoms with van der Waals surface area (Å²) in [6.45, 7) is 8.54. The molecule has 0 N–H and O–H groups in total. The zero-order valence-corrected chi connectivity index (χ0v) is 23.3. The van der Waals surface area contributed by atoms with Crippen molar-refractivity contribution in [1.29, 1.82) is 0 Å². The molecule has 7 heteroatoms. The minimum Gasteiger partial charge on any atom is -0.469 e. The Morgan fingerprint density at radius 1 is 1.17 bits per heavy atom. The molecule has 0 bridgehead atoms. The molecule has 0 aliphatic carbocycles. The fraction of sp³-hybridized carbons (Fsp3) is 0.607. The van der Waals surface area contributed by atoms with Gasteiger partial charge in [-0.15, -0.1) is 0 Å². The monoisotopic (exact) mass is 536 g/mol. The van der Waals surface area contributed by atoms with Gasteiger partial charge < -0.3 is 9.64 Å². The van der Waals surface area contributed by atoms with Crippen LogP contribution in [0.2, 0.25) is 10.0 Å². The molecule has 192 valence electrons. The van der Waals surface area contributed by atoms with Crippen molar-refractivity contribution in [2.75, 3.05) is 39.8 Å². The highest BCUT2D eigenvalue weighted by Crippen LogP contribution is 2.37. The maximum absolute atomic E-state index is 12.2. The second-order valence-corrected chi connectivity index (χ2v) is 12.0. The van der Waals surface area contributed by atoms with Crippen molar-refractivity contribution in [2.24, 2.45) is 17.8 Å². The zero-order chi connectivity index (χ0) is 24.8. The van der Waals surface area contributed by atoms with Crippen LogP contribution < -0.4 is 0 Å². The van der Waals surface area contributed by atoms with Crippen molar-refractivity contribution in [1.82, 2.24) is 9.80 Å². The number of rotatable bonds is 10. The maximum Gasteiger partial charge on any atom is 0.308 e. The predicted octanol–water partition coefficient (Wildman–Crippen LogP) is 6.96. The summed E-state index contributed by atoms with van der Waals surface area (Å²) in [6, 6.07) is 8.14. The van der Waals surface area contributed by atoms with Gasteiger partial charge >= 0.3 is 5.97 Å². The van der Waals surface area contributed by atoms with Crippen LogP contribution in [-0.2, 0) is 16.1 Å². The highest BCUT2D eigenvalue weighted by molar-refractivity contribution is 7.08. The lowest BCUT2D eigenvalue weighted by atomic mass is 9.84. The van der Waals surface area contributed by atoms with Gasteiger partial charge in [0.25, 0.3) is 0 Å². The average Bonchev–Trinajstić information content (AvgIpc) is 3.51. The summed E-state index contributed by atoms with van der Waals surface area (Å²) in [4.78, 5) is 17.4. The Bertz CT molecular complexity index is 946. The van der Waals surface area contributed by atoms with E-state index in [4.69, 9.17) is 27.9 Å². The lowest BCUT2D eigenvalue weighted by Crippen LogP contribution is -2.39. The minimum absolute atomic E-state index is 0.0280. The van der Waals surface area contributed by atoms with E-state index >= 15 is 0 Å². The van der Waals surface area contributed by atoms with Crippen molar-refractivity contribution in [3.63, 3.8) is 0 Å². The van der Waals surface area contributed by atoms with E-state index in [0.29, 0.717) is 22.8 Å². The van der Waals surface area contributed by atoms with Gasteiger partial charge in [-0.1, -0.05) is 42.6 Å². The fourth-order valence-electron chi connectivity index (χ4n) is 6.01. The average molecular weight is 538 g/mol. The van der Waals surface area contributed by atoms with E-state index in [1.165, 1.54) is 25.5 Å². The highest BCUT2D eigenvalue weighted by Gasteiger charge is 2.36.